The molecule has 0 bridgehead atoms. The van der Waals surface area contributed by atoms with E-state index in [4.69, 9.17) is 0 Å². The second kappa shape index (κ2) is 6.97. The van der Waals surface area contributed by atoms with Crippen LogP contribution in [-0.4, -0.2) is 49.7 Å². The third-order valence-corrected chi connectivity index (χ3v) is 8.99. The summed E-state index contributed by atoms with van der Waals surface area (Å²) in [6, 6.07) is 9.95. The minimum atomic E-state index is -3.49. The van der Waals surface area contributed by atoms with Gasteiger partial charge in [-0.05, 0) is 45.2 Å². The summed E-state index contributed by atoms with van der Waals surface area (Å²) in [6.45, 7) is 7.43. The third-order valence-electron chi connectivity index (χ3n) is 5.87. The van der Waals surface area contributed by atoms with Crippen LogP contribution in [0.5, 0.6) is 0 Å². The molecular weight excluding hydrogens is 392 g/mol. The van der Waals surface area contributed by atoms with E-state index in [0.29, 0.717) is 31.1 Å². The van der Waals surface area contributed by atoms with Gasteiger partial charge in [0, 0.05) is 35.9 Å². The van der Waals surface area contributed by atoms with Crippen LogP contribution in [0.15, 0.2) is 35.2 Å². The van der Waals surface area contributed by atoms with Crippen LogP contribution < -0.4 is 0 Å². The second-order valence-corrected chi connectivity index (χ2v) is 11.3. The molecule has 2 aliphatic rings. The molecule has 0 atom stereocenters. The Morgan fingerprint density at radius 1 is 1.04 bits per heavy atom. The Balaban J connectivity index is 1.47. The van der Waals surface area contributed by atoms with Crippen molar-refractivity contribution in [3.05, 3.63) is 51.2 Å². The summed E-state index contributed by atoms with van der Waals surface area (Å²) in [5, 5.41) is 0. The fourth-order valence-electron chi connectivity index (χ4n) is 4.13. The number of aryl methyl sites for hydroxylation is 3. The fourth-order valence-corrected chi connectivity index (χ4v) is 7.08. The molecule has 0 N–H and O–H groups in total. The minimum Gasteiger partial charge on any atom is -0.339 e. The van der Waals surface area contributed by atoms with E-state index in [-0.39, 0.29) is 5.91 Å². The molecule has 0 unspecified atom stereocenters. The fraction of sp³-hybridized carbons (Fsp3) is 0.476. The summed E-state index contributed by atoms with van der Waals surface area (Å²) in [7, 11) is -3.49. The zero-order valence-corrected chi connectivity index (χ0v) is 18.2. The SMILES string of the molecule is Cc1cccc(C2(C(=O)N3CCN(S(=O)(=O)c4cc(C)sc4C)CC3)CC2)c1. The van der Waals surface area contributed by atoms with Crippen LogP contribution in [0.2, 0.25) is 0 Å². The molecule has 1 aromatic heterocycles. The number of thiophene rings is 1. The number of rotatable bonds is 4. The summed E-state index contributed by atoms with van der Waals surface area (Å²) in [4.78, 5) is 17.3. The maximum absolute atomic E-state index is 13.2. The maximum atomic E-state index is 13.2. The predicted molar refractivity (Wildman–Crippen MR) is 111 cm³/mol. The van der Waals surface area contributed by atoms with Crippen molar-refractivity contribution in [2.24, 2.45) is 0 Å². The highest BCUT2D eigenvalue weighted by Crippen LogP contribution is 2.50. The molecule has 7 heteroatoms. The Morgan fingerprint density at radius 2 is 1.71 bits per heavy atom. The molecule has 4 rings (SSSR count). The number of hydrogen-bond donors (Lipinski definition) is 0. The van der Waals surface area contributed by atoms with E-state index < -0.39 is 15.4 Å². The number of carbonyl (C=O) groups is 1. The molecule has 1 aliphatic carbocycles. The van der Waals surface area contributed by atoms with E-state index >= 15 is 0 Å². The number of nitrogens with zero attached hydrogens (tertiary/aromatic N) is 2. The molecule has 1 aromatic carbocycles. The van der Waals surface area contributed by atoms with E-state index in [1.807, 2.05) is 43.9 Å². The van der Waals surface area contributed by atoms with Crippen LogP contribution in [0.4, 0.5) is 0 Å². The number of piperazine rings is 1. The highest BCUT2D eigenvalue weighted by molar-refractivity contribution is 7.89. The zero-order chi connectivity index (χ0) is 20.1. The van der Waals surface area contributed by atoms with E-state index in [9.17, 15) is 13.2 Å². The molecule has 0 spiro atoms. The van der Waals surface area contributed by atoms with E-state index in [1.165, 1.54) is 15.6 Å². The number of sulfonamides is 1. The van der Waals surface area contributed by atoms with Gasteiger partial charge in [-0.15, -0.1) is 11.3 Å². The summed E-state index contributed by atoms with van der Waals surface area (Å²) in [5.74, 6) is 0.151. The van der Waals surface area contributed by atoms with Gasteiger partial charge in [0.1, 0.15) is 0 Å². The first-order chi connectivity index (χ1) is 13.2. The Hall–Kier alpha value is -1.70. The average molecular weight is 419 g/mol. The normalized spacial score (nSPS) is 19.6. The third kappa shape index (κ3) is 3.29. The summed E-state index contributed by atoms with van der Waals surface area (Å²) in [6.07, 6.45) is 1.75. The Bertz CT molecular complexity index is 1010. The largest absolute Gasteiger partial charge is 0.339 e. The highest BCUT2D eigenvalue weighted by atomic mass is 32.2. The molecule has 1 aliphatic heterocycles. The molecule has 1 amide bonds. The summed E-state index contributed by atoms with van der Waals surface area (Å²) in [5.41, 5.74) is 1.86. The van der Waals surface area contributed by atoms with Gasteiger partial charge in [0.05, 0.1) is 10.3 Å². The second-order valence-electron chi connectivity index (χ2n) is 7.93. The van der Waals surface area contributed by atoms with Crippen molar-refractivity contribution in [1.82, 2.24) is 9.21 Å². The Kier molecular flexibility index (Phi) is 4.88. The lowest BCUT2D eigenvalue weighted by molar-refractivity contribution is -0.135. The highest BCUT2D eigenvalue weighted by Gasteiger charge is 2.53. The standard InChI is InChI=1S/C21H26N2O3S2/c1-15-5-4-6-18(13-15)21(7-8-21)20(24)22-9-11-23(12-10-22)28(25,26)19-14-16(2)27-17(19)3/h4-6,13-14H,7-12H2,1-3H3. The van der Waals surface area contributed by atoms with E-state index in [2.05, 4.69) is 6.07 Å². The number of hydrogen-bond acceptors (Lipinski definition) is 4. The van der Waals surface area contributed by atoms with Crippen molar-refractivity contribution in [1.29, 1.82) is 0 Å². The molecular formula is C21H26N2O3S2. The molecule has 2 heterocycles. The summed E-state index contributed by atoms with van der Waals surface area (Å²) >= 11 is 1.51. The van der Waals surface area contributed by atoms with Gasteiger partial charge >= 0.3 is 0 Å². The number of amides is 1. The molecule has 2 aromatic rings. The van der Waals surface area contributed by atoms with Crippen molar-refractivity contribution >= 4 is 27.3 Å². The minimum absolute atomic E-state index is 0.151. The van der Waals surface area contributed by atoms with Crippen molar-refractivity contribution in [2.45, 2.75) is 43.9 Å². The van der Waals surface area contributed by atoms with Gasteiger partial charge in [-0.2, -0.15) is 4.31 Å². The van der Waals surface area contributed by atoms with Crippen molar-refractivity contribution < 1.29 is 13.2 Å². The van der Waals surface area contributed by atoms with Crippen LogP contribution in [0.1, 0.15) is 33.7 Å². The van der Waals surface area contributed by atoms with Gasteiger partial charge in [0.25, 0.3) is 0 Å². The number of benzene rings is 1. The van der Waals surface area contributed by atoms with Crippen LogP contribution in [0.3, 0.4) is 0 Å². The quantitative estimate of drug-likeness (QED) is 0.766. The van der Waals surface area contributed by atoms with Crippen LogP contribution >= 0.6 is 11.3 Å². The Morgan fingerprint density at radius 3 is 2.25 bits per heavy atom. The van der Waals surface area contributed by atoms with Gasteiger partial charge in [-0.1, -0.05) is 29.8 Å². The van der Waals surface area contributed by atoms with Gasteiger partial charge in [0.15, 0.2) is 0 Å². The molecule has 0 radical (unpaired) electrons. The van der Waals surface area contributed by atoms with Crippen molar-refractivity contribution in [2.75, 3.05) is 26.2 Å². The lowest BCUT2D eigenvalue weighted by Crippen LogP contribution is -2.52. The monoisotopic (exact) mass is 418 g/mol. The van der Waals surface area contributed by atoms with Crippen LogP contribution in [-0.2, 0) is 20.2 Å². The molecule has 5 nitrogen and oxygen atoms in total. The summed E-state index contributed by atoms with van der Waals surface area (Å²) < 4.78 is 27.5. The van der Waals surface area contributed by atoms with Crippen molar-refractivity contribution in [3.63, 3.8) is 0 Å². The first kappa shape index (κ1) is 19.6. The Labute approximate surface area is 171 Å². The number of carbonyl (C=O) groups excluding carboxylic acids is 1. The van der Waals surface area contributed by atoms with E-state index in [0.717, 1.165) is 33.7 Å². The van der Waals surface area contributed by atoms with Crippen LogP contribution in [0.25, 0.3) is 0 Å². The van der Waals surface area contributed by atoms with Crippen molar-refractivity contribution in [3.8, 4) is 0 Å². The maximum Gasteiger partial charge on any atom is 0.244 e. The molecule has 150 valence electrons. The topological polar surface area (TPSA) is 57.7 Å². The predicted octanol–water partition coefficient (Wildman–Crippen LogP) is 3.24. The first-order valence-electron chi connectivity index (χ1n) is 9.68. The lowest BCUT2D eigenvalue weighted by Gasteiger charge is -2.36. The van der Waals surface area contributed by atoms with Gasteiger partial charge in [0.2, 0.25) is 15.9 Å². The van der Waals surface area contributed by atoms with Gasteiger partial charge in [-0.25, -0.2) is 8.42 Å². The van der Waals surface area contributed by atoms with Crippen LogP contribution in [0, 0.1) is 20.8 Å². The van der Waals surface area contributed by atoms with E-state index in [1.54, 1.807) is 6.07 Å². The lowest BCUT2D eigenvalue weighted by atomic mass is 9.93. The van der Waals surface area contributed by atoms with Gasteiger partial charge < -0.3 is 4.90 Å². The average Bonchev–Trinajstić information content (AvgIpc) is 3.40. The molecule has 1 saturated carbocycles. The molecule has 28 heavy (non-hydrogen) atoms. The first-order valence-corrected chi connectivity index (χ1v) is 11.9. The zero-order valence-electron chi connectivity index (χ0n) is 16.6. The molecule has 2 fully saturated rings. The van der Waals surface area contributed by atoms with Gasteiger partial charge in [-0.3, -0.25) is 4.79 Å². The smallest absolute Gasteiger partial charge is 0.244 e. The molecule has 1 saturated heterocycles.